The fourth-order valence-electron chi connectivity index (χ4n) is 9.01. The highest BCUT2D eigenvalue weighted by Crippen LogP contribution is 2.50. The van der Waals surface area contributed by atoms with Crippen LogP contribution in [-0.2, 0) is 0 Å². The molecule has 12 rings (SSSR count). The van der Waals surface area contributed by atoms with E-state index in [4.69, 9.17) is 15.0 Å². The molecule has 0 radical (unpaired) electrons. The van der Waals surface area contributed by atoms with E-state index in [9.17, 15) is 0 Å². The Morgan fingerprint density at radius 2 is 0.709 bits per heavy atom. The van der Waals surface area contributed by atoms with Gasteiger partial charge in [-0.15, -0.1) is 0 Å². The van der Waals surface area contributed by atoms with Gasteiger partial charge in [-0.3, -0.25) is 0 Å². The molecule has 2 aromatic heterocycles. The predicted octanol–water partition coefficient (Wildman–Crippen LogP) is 13.1. The zero-order valence-corrected chi connectivity index (χ0v) is 29.6. The minimum Gasteiger partial charge on any atom is -0.309 e. The summed E-state index contributed by atoms with van der Waals surface area (Å²) in [5, 5.41) is 10.3. The van der Waals surface area contributed by atoms with E-state index in [2.05, 4.69) is 150 Å². The summed E-state index contributed by atoms with van der Waals surface area (Å²) in [5.41, 5.74) is 11.1. The number of nitrogens with zero attached hydrogens (tertiary/aromatic N) is 4. The summed E-state index contributed by atoms with van der Waals surface area (Å²) < 4.78 is 2.48. The second kappa shape index (κ2) is 11.5. The lowest BCUT2D eigenvalue weighted by Gasteiger charge is -2.18. The van der Waals surface area contributed by atoms with Gasteiger partial charge in [-0.1, -0.05) is 164 Å². The van der Waals surface area contributed by atoms with Gasteiger partial charge in [0.05, 0.1) is 16.7 Å². The molecule has 0 fully saturated rings. The predicted molar refractivity (Wildman–Crippen MR) is 227 cm³/mol. The molecule has 9 aromatic carbocycles. The molecule has 4 nitrogen and oxygen atoms in total. The number of hydrogen-bond donors (Lipinski definition) is 0. The van der Waals surface area contributed by atoms with E-state index in [1.807, 2.05) is 36.4 Å². The average Bonchev–Trinajstić information content (AvgIpc) is 3.54. The minimum atomic E-state index is 0.635. The van der Waals surface area contributed by atoms with Crippen LogP contribution in [0.2, 0.25) is 0 Å². The summed E-state index contributed by atoms with van der Waals surface area (Å²) in [7, 11) is 0. The summed E-state index contributed by atoms with van der Waals surface area (Å²) in [4.78, 5) is 15.3. The third-order valence-corrected chi connectivity index (χ3v) is 11.4. The fraction of sp³-hybridized carbons (Fsp3) is 0. The highest BCUT2D eigenvalue weighted by atomic mass is 15.0. The molecule has 2 heterocycles. The van der Waals surface area contributed by atoms with Crippen molar-refractivity contribution in [3.05, 3.63) is 182 Å². The maximum absolute atomic E-state index is 5.15. The molecule has 0 saturated carbocycles. The van der Waals surface area contributed by atoms with Crippen LogP contribution in [0.15, 0.2) is 182 Å². The second-order valence-corrected chi connectivity index (χ2v) is 14.3. The fourth-order valence-corrected chi connectivity index (χ4v) is 9.01. The Balaban J connectivity index is 1.16. The van der Waals surface area contributed by atoms with Gasteiger partial charge in [-0.2, -0.15) is 0 Å². The number of aromatic nitrogens is 4. The van der Waals surface area contributed by atoms with Gasteiger partial charge in [0.15, 0.2) is 17.5 Å². The number of fused-ring (bicyclic) bond motifs is 1. The number of hydrogen-bond acceptors (Lipinski definition) is 3. The van der Waals surface area contributed by atoms with E-state index >= 15 is 0 Å². The van der Waals surface area contributed by atoms with Crippen LogP contribution >= 0.6 is 0 Å². The van der Waals surface area contributed by atoms with Crippen molar-refractivity contribution >= 4 is 54.1 Å². The lowest BCUT2D eigenvalue weighted by atomic mass is 9.93. The van der Waals surface area contributed by atoms with E-state index < -0.39 is 0 Å². The molecule has 4 heteroatoms. The summed E-state index contributed by atoms with van der Waals surface area (Å²) >= 11 is 0. The molecule has 11 aromatic rings. The Morgan fingerprint density at radius 3 is 1.33 bits per heavy atom. The lowest BCUT2D eigenvalue weighted by molar-refractivity contribution is 1.07. The van der Waals surface area contributed by atoms with Crippen molar-refractivity contribution in [3.8, 4) is 62.1 Å². The maximum Gasteiger partial charge on any atom is 0.164 e. The Morgan fingerprint density at radius 1 is 0.273 bits per heavy atom. The molecule has 0 N–H and O–H groups in total. The summed E-state index contributed by atoms with van der Waals surface area (Å²) in [6.07, 6.45) is 0. The third-order valence-electron chi connectivity index (χ3n) is 11.4. The van der Waals surface area contributed by atoms with E-state index in [1.165, 1.54) is 65.3 Å². The number of para-hydroxylation sites is 1. The largest absolute Gasteiger partial charge is 0.309 e. The lowest BCUT2D eigenvalue weighted by Crippen LogP contribution is -2.02. The SMILES string of the molecule is c1ccc(-c2nc(-c3ccccc3)nc(-c3ccccc3-c3ccccc3-n3c4ccc5cccc6c5c4c4c5c(ccc7cccc-6c75)ccc43)n2)cc1. The van der Waals surface area contributed by atoms with Crippen molar-refractivity contribution < 1.29 is 0 Å². The molecule has 1 aliphatic rings. The Kier molecular flexibility index (Phi) is 6.31. The van der Waals surface area contributed by atoms with Crippen molar-refractivity contribution in [1.29, 1.82) is 0 Å². The van der Waals surface area contributed by atoms with Crippen molar-refractivity contribution in [2.24, 2.45) is 0 Å². The summed E-state index contributed by atoms with van der Waals surface area (Å²) in [6.45, 7) is 0. The molecule has 55 heavy (non-hydrogen) atoms. The average molecular weight is 699 g/mol. The van der Waals surface area contributed by atoms with Gasteiger partial charge in [-0.05, 0) is 61.8 Å². The molecule has 254 valence electrons. The second-order valence-electron chi connectivity index (χ2n) is 14.3. The third kappa shape index (κ3) is 4.37. The molecule has 0 atom stereocenters. The molecular formula is C51H30N4. The molecule has 1 aliphatic carbocycles. The van der Waals surface area contributed by atoms with Crippen LogP contribution < -0.4 is 0 Å². The van der Waals surface area contributed by atoms with Crippen molar-refractivity contribution in [2.45, 2.75) is 0 Å². The quantitative estimate of drug-likeness (QED) is 0.168. The van der Waals surface area contributed by atoms with Gasteiger partial charge >= 0.3 is 0 Å². The smallest absolute Gasteiger partial charge is 0.164 e. The zero-order chi connectivity index (χ0) is 36.0. The van der Waals surface area contributed by atoms with Crippen molar-refractivity contribution in [2.75, 3.05) is 0 Å². The van der Waals surface area contributed by atoms with E-state index in [-0.39, 0.29) is 0 Å². The van der Waals surface area contributed by atoms with E-state index in [1.54, 1.807) is 0 Å². The Bertz CT molecular complexity index is 3310. The van der Waals surface area contributed by atoms with Crippen LogP contribution in [0.4, 0.5) is 0 Å². The zero-order valence-electron chi connectivity index (χ0n) is 29.6. The van der Waals surface area contributed by atoms with Gasteiger partial charge in [0, 0.05) is 38.4 Å². The van der Waals surface area contributed by atoms with E-state index in [0.29, 0.717) is 17.5 Å². The first-order valence-corrected chi connectivity index (χ1v) is 18.7. The van der Waals surface area contributed by atoms with Crippen LogP contribution in [0.25, 0.3) is 116 Å². The molecule has 0 amide bonds. The van der Waals surface area contributed by atoms with Crippen LogP contribution in [-0.4, -0.2) is 19.5 Å². The normalized spacial score (nSPS) is 12.0. The molecule has 0 unspecified atom stereocenters. The summed E-state index contributed by atoms with van der Waals surface area (Å²) in [6, 6.07) is 64.9. The standard InChI is InChI=1S/C51H30N4/c1-3-13-34(14-4-1)49-52-50(35-15-5-2-6-16-35)54-51(53-49)40-21-8-7-19-36(40)37-20-9-10-24-41(37)55-42-29-27-32-18-12-23-39-38-22-11-17-31-25-26-33-28-30-43(55)48(46(33)44(31)38)47(42)45(32)39/h1-30H. The topological polar surface area (TPSA) is 43.6 Å². The molecule has 0 bridgehead atoms. The molecule has 0 aliphatic heterocycles. The van der Waals surface area contributed by atoms with Gasteiger partial charge in [0.25, 0.3) is 0 Å². The highest BCUT2D eigenvalue weighted by Gasteiger charge is 2.26. The van der Waals surface area contributed by atoms with Crippen LogP contribution in [0, 0.1) is 0 Å². The van der Waals surface area contributed by atoms with Crippen molar-refractivity contribution in [3.63, 3.8) is 0 Å². The van der Waals surface area contributed by atoms with Crippen LogP contribution in [0.1, 0.15) is 0 Å². The van der Waals surface area contributed by atoms with Crippen molar-refractivity contribution in [1.82, 2.24) is 19.5 Å². The number of benzene rings is 9. The Labute approximate surface area is 316 Å². The Hall–Kier alpha value is -7.43. The summed E-state index contributed by atoms with van der Waals surface area (Å²) in [5.74, 6) is 1.92. The van der Waals surface area contributed by atoms with Gasteiger partial charge < -0.3 is 4.57 Å². The molecular weight excluding hydrogens is 669 g/mol. The van der Waals surface area contributed by atoms with Crippen LogP contribution in [0.3, 0.4) is 0 Å². The minimum absolute atomic E-state index is 0.635. The van der Waals surface area contributed by atoms with Crippen LogP contribution in [0.5, 0.6) is 0 Å². The first-order valence-electron chi connectivity index (χ1n) is 18.7. The first kappa shape index (κ1) is 30.1. The molecule has 0 saturated heterocycles. The van der Waals surface area contributed by atoms with E-state index in [0.717, 1.165) is 33.5 Å². The van der Waals surface area contributed by atoms with Gasteiger partial charge in [0.1, 0.15) is 0 Å². The maximum atomic E-state index is 5.15. The molecule has 0 spiro atoms. The highest BCUT2D eigenvalue weighted by molar-refractivity contribution is 6.38. The monoisotopic (exact) mass is 698 g/mol. The van der Waals surface area contributed by atoms with Gasteiger partial charge in [-0.25, -0.2) is 15.0 Å². The number of rotatable bonds is 5. The first-order chi connectivity index (χ1) is 27.3. The van der Waals surface area contributed by atoms with Gasteiger partial charge in [0.2, 0.25) is 0 Å².